The van der Waals surface area contributed by atoms with E-state index in [0.29, 0.717) is 0 Å². The van der Waals surface area contributed by atoms with Crippen LogP contribution in [-0.4, -0.2) is 23.8 Å². The number of nitrogens with zero attached hydrogens (tertiary/aromatic N) is 1. The van der Waals surface area contributed by atoms with Gasteiger partial charge in [-0.3, -0.25) is 9.69 Å². The van der Waals surface area contributed by atoms with Crippen molar-refractivity contribution in [3.05, 3.63) is 89.5 Å². The Balaban J connectivity index is 1.80. The first-order valence-corrected chi connectivity index (χ1v) is 9.22. The Hall–Kier alpha value is -2.71. The Bertz CT molecular complexity index is 917. The van der Waals surface area contributed by atoms with E-state index in [1.165, 1.54) is 10.9 Å². The number of rotatable bonds is 7. The minimum atomic E-state index is 0.0410. The standard InChI is InChI=1S/C24H25NO/c1-3-25(4-2)18-19-9-7-13-22(17-19)24(26)16-15-21-12-8-11-20-10-5-6-14-23(20)21/h5-17H,3-4,18H2,1-2H3/b16-15+. The second-order valence-electron chi connectivity index (χ2n) is 6.43. The number of ketones is 1. The first-order valence-electron chi connectivity index (χ1n) is 9.22. The summed E-state index contributed by atoms with van der Waals surface area (Å²) in [6.45, 7) is 7.21. The van der Waals surface area contributed by atoms with Crippen molar-refractivity contribution in [2.24, 2.45) is 0 Å². The van der Waals surface area contributed by atoms with E-state index in [-0.39, 0.29) is 5.78 Å². The van der Waals surface area contributed by atoms with E-state index in [1.54, 1.807) is 6.08 Å². The summed E-state index contributed by atoms with van der Waals surface area (Å²) in [6.07, 6.45) is 3.60. The SMILES string of the molecule is CCN(CC)Cc1cccc(C(=O)/C=C/c2cccc3ccccc23)c1. The summed E-state index contributed by atoms with van der Waals surface area (Å²) < 4.78 is 0. The molecule has 0 N–H and O–H groups in total. The number of allylic oxidation sites excluding steroid dienone is 1. The Morgan fingerprint density at radius 1 is 0.923 bits per heavy atom. The molecule has 3 rings (SSSR count). The van der Waals surface area contributed by atoms with E-state index in [4.69, 9.17) is 0 Å². The van der Waals surface area contributed by atoms with Gasteiger partial charge in [-0.05, 0) is 47.1 Å². The molecule has 0 aliphatic carbocycles. The minimum Gasteiger partial charge on any atom is -0.300 e. The van der Waals surface area contributed by atoms with Crippen LogP contribution in [-0.2, 0) is 6.54 Å². The molecule has 132 valence electrons. The zero-order valence-corrected chi connectivity index (χ0v) is 15.5. The van der Waals surface area contributed by atoms with E-state index in [2.05, 4.69) is 43.0 Å². The van der Waals surface area contributed by atoms with E-state index >= 15 is 0 Å². The summed E-state index contributed by atoms with van der Waals surface area (Å²) in [5.41, 5.74) is 2.99. The van der Waals surface area contributed by atoms with Crippen molar-refractivity contribution < 1.29 is 4.79 Å². The predicted molar refractivity (Wildman–Crippen MR) is 110 cm³/mol. The van der Waals surface area contributed by atoms with Crippen LogP contribution in [0.2, 0.25) is 0 Å². The van der Waals surface area contributed by atoms with Gasteiger partial charge in [-0.25, -0.2) is 0 Å². The lowest BCUT2D eigenvalue weighted by Gasteiger charge is -2.18. The number of benzene rings is 3. The highest BCUT2D eigenvalue weighted by molar-refractivity contribution is 6.07. The van der Waals surface area contributed by atoms with E-state index < -0.39 is 0 Å². The lowest BCUT2D eigenvalue weighted by Crippen LogP contribution is -2.22. The Kier molecular flexibility index (Phi) is 5.98. The Labute approximate surface area is 155 Å². The molecule has 3 aromatic carbocycles. The molecule has 0 heterocycles. The first-order chi connectivity index (χ1) is 12.7. The van der Waals surface area contributed by atoms with Gasteiger partial charge in [0.1, 0.15) is 0 Å². The molecule has 2 nitrogen and oxygen atoms in total. The molecule has 0 saturated heterocycles. The summed E-state index contributed by atoms with van der Waals surface area (Å²) in [5.74, 6) is 0.0410. The van der Waals surface area contributed by atoms with Gasteiger partial charge < -0.3 is 0 Å². The summed E-state index contributed by atoms with van der Waals surface area (Å²) in [4.78, 5) is 15.0. The van der Waals surface area contributed by atoms with Crippen molar-refractivity contribution in [2.75, 3.05) is 13.1 Å². The maximum Gasteiger partial charge on any atom is 0.185 e. The van der Waals surface area contributed by atoms with Crippen LogP contribution in [0.25, 0.3) is 16.8 Å². The van der Waals surface area contributed by atoms with Crippen molar-refractivity contribution in [3.63, 3.8) is 0 Å². The molecule has 0 unspecified atom stereocenters. The molecular weight excluding hydrogens is 318 g/mol. The second kappa shape index (κ2) is 8.59. The van der Waals surface area contributed by atoms with Crippen LogP contribution in [0.15, 0.2) is 72.8 Å². The van der Waals surface area contributed by atoms with Crippen LogP contribution < -0.4 is 0 Å². The van der Waals surface area contributed by atoms with Gasteiger partial charge in [0.25, 0.3) is 0 Å². The molecule has 2 heteroatoms. The van der Waals surface area contributed by atoms with Gasteiger partial charge in [-0.2, -0.15) is 0 Å². The van der Waals surface area contributed by atoms with Crippen LogP contribution in [0.1, 0.15) is 35.3 Å². The van der Waals surface area contributed by atoms with E-state index in [9.17, 15) is 4.79 Å². The smallest absolute Gasteiger partial charge is 0.185 e. The third-order valence-electron chi connectivity index (χ3n) is 4.75. The number of hydrogen-bond acceptors (Lipinski definition) is 2. The Morgan fingerprint density at radius 3 is 2.46 bits per heavy atom. The molecule has 0 saturated carbocycles. The lowest BCUT2D eigenvalue weighted by atomic mass is 10.0. The van der Waals surface area contributed by atoms with Gasteiger partial charge in [0.2, 0.25) is 0 Å². The second-order valence-corrected chi connectivity index (χ2v) is 6.43. The Morgan fingerprint density at radius 2 is 1.65 bits per heavy atom. The average molecular weight is 343 g/mol. The fourth-order valence-electron chi connectivity index (χ4n) is 3.19. The maximum absolute atomic E-state index is 12.6. The van der Waals surface area contributed by atoms with Gasteiger partial charge in [-0.15, -0.1) is 0 Å². The summed E-state index contributed by atoms with van der Waals surface area (Å²) >= 11 is 0. The zero-order chi connectivity index (χ0) is 18.4. The molecule has 26 heavy (non-hydrogen) atoms. The maximum atomic E-state index is 12.6. The third kappa shape index (κ3) is 4.27. The third-order valence-corrected chi connectivity index (χ3v) is 4.75. The fraction of sp³-hybridized carbons (Fsp3) is 0.208. The molecule has 0 spiro atoms. The van der Waals surface area contributed by atoms with Gasteiger partial charge in [0, 0.05) is 12.1 Å². The van der Waals surface area contributed by atoms with Crippen molar-refractivity contribution >= 4 is 22.6 Å². The van der Waals surface area contributed by atoms with Gasteiger partial charge in [-0.1, -0.05) is 80.6 Å². The molecule has 0 aliphatic heterocycles. The van der Waals surface area contributed by atoms with Gasteiger partial charge in [0.05, 0.1) is 0 Å². The van der Waals surface area contributed by atoms with Crippen molar-refractivity contribution in [1.82, 2.24) is 4.90 Å². The van der Waals surface area contributed by atoms with E-state index in [0.717, 1.165) is 36.1 Å². The van der Waals surface area contributed by atoms with E-state index in [1.807, 2.05) is 48.5 Å². The normalized spacial score (nSPS) is 11.5. The summed E-state index contributed by atoms with van der Waals surface area (Å²) in [6, 6.07) is 22.3. The number of carbonyl (C=O) groups is 1. The molecular formula is C24H25NO. The summed E-state index contributed by atoms with van der Waals surface area (Å²) in [5, 5.41) is 2.35. The minimum absolute atomic E-state index is 0.0410. The largest absolute Gasteiger partial charge is 0.300 e. The highest BCUT2D eigenvalue weighted by Crippen LogP contribution is 2.20. The number of hydrogen-bond donors (Lipinski definition) is 0. The molecule has 0 bridgehead atoms. The van der Waals surface area contributed by atoms with Gasteiger partial charge in [0.15, 0.2) is 5.78 Å². The highest BCUT2D eigenvalue weighted by Gasteiger charge is 2.06. The number of carbonyl (C=O) groups excluding carboxylic acids is 1. The monoisotopic (exact) mass is 343 g/mol. The average Bonchev–Trinajstić information content (AvgIpc) is 2.70. The van der Waals surface area contributed by atoms with Crippen LogP contribution >= 0.6 is 0 Å². The molecule has 3 aromatic rings. The molecule has 0 amide bonds. The quantitative estimate of drug-likeness (QED) is 0.412. The van der Waals surface area contributed by atoms with Crippen molar-refractivity contribution in [1.29, 1.82) is 0 Å². The highest BCUT2D eigenvalue weighted by atomic mass is 16.1. The topological polar surface area (TPSA) is 20.3 Å². The van der Waals surface area contributed by atoms with Crippen LogP contribution in [0.4, 0.5) is 0 Å². The molecule has 0 atom stereocenters. The van der Waals surface area contributed by atoms with Crippen molar-refractivity contribution in [2.45, 2.75) is 20.4 Å². The molecule has 0 fully saturated rings. The van der Waals surface area contributed by atoms with Gasteiger partial charge >= 0.3 is 0 Å². The predicted octanol–water partition coefficient (Wildman–Crippen LogP) is 5.58. The first kappa shape index (κ1) is 18.1. The summed E-state index contributed by atoms with van der Waals surface area (Å²) in [7, 11) is 0. The number of fused-ring (bicyclic) bond motifs is 1. The van der Waals surface area contributed by atoms with Crippen LogP contribution in [0.3, 0.4) is 0 Å². The molecule has 0 aromatic heterocycles. The van der Waals surface area contributed by atoms with Crippen LogP contribution in [0, 0.1) is 0 Å². The van der Waals surface area contributed by atoms with Crippen LogP contribution in [0.5, 0.6) is 0 Å². The van der Waals surface area contributed by atoms with Crippen molar-refractivity contribution in [3.8, 4) is 0 Å². The molecule has 0 radical (unpaired) electrons. The zero-order valence-electron chi connectivity index (χ0n) is 15.5. The lowest BCUT2D eigenvalue weighted by molar-refractivity contribution is 0.104. The fourth-order valence-corrected chi connectivity index (χ4v) is 3.19. The molecule has 0 aliphatic rings.